The summed E-state index contributed by atoms with van der Waals surface area (Å²) in [7, 11) is 0. The van der Waals surface area contributed by atoms with Crippen molar-refractivity contribution in [2.75, 3.05) is 19.7 Å². The minimum Gasteiger partial charge on any atom is -0.506 e. The van der Waals surface area contributed by atoms with E-state index in [4.69, 9.17) is 4.74 Å². The number of rotatable bonds is 6. The molecule has 0 saturated heterocycles. The molecule has 0 amide bonds. The van der Waals surface area contributed by atoms with E-state index in [1.165, 1.54) is 23.3 Å². The summed E-state index contributed by atoms with van der Waals surface area (Å²) in [6.07, 6.45) is 4.56. The molecule has 2 aromatic heterocycles. The first kappa shape index (κ1) is 24.2. The second kappa shape index (κ2) is 13.2. The van der Waals surface area contributed by atoms with Crippen molar-refractivity contribution in [3.05, 3.63) is 52.2 Å². The fourth-order valence-corrected chi connectivity index (χ4v) is 4.26. The Bertz CT molecular complexity index is 878. The first-order valence-electron chi connectivity index (χ1n) is 11.2. The predicted octanol–water partition coefficient (Wildman–Crippen LogP) is 6.66. The maximum absolute atomic E-state index is 9.88. The number of para-hydroxylation sites is 1. The maximum Gasteiger partial charge on any atom is 0.213 e. The van der Waals surface area contributed by atoms with Crippen LogP contribution in [0.1, 0.15) is 57.4 Å². The van der Waals surface area contributed by atoms with Crippen LogP contribution in [0, 0.1) is 0 Å². The zero-order valence-corrected chi connectivity index (χ0v) is 19.7. The number of aromatic hydroxyl groups is 1. The van der Waals surface area contributed by atoms with Gasteiger partial charge in [0.2, 0.25) is 5.88 Å². The number of pyridine rings is 1. The number of nitrogens with zero attached hydrogens (tertiary/aromatic N) is 2. The molecule has 1 aromatic carbocycles. The second-order valence-electron chi connectivity index (χ2n) is 7.16. The molecule has 164 valence electrons. The van der Waals surface area contributed by atoms with Crippen molar-refractivity contribution in [3.63, 3.8) is 0 Å². The largest absolute Gasteiger partial charge is 0.506 e. The molecule has 5 heteroatoms. The van der Waals surface area contributed by atoms with Gasteiger partial charge < -0.3 is 9.84 Å². The average molecular weight is 429 g/mol. The van der Waals surface area contributed by atoms with E-state index in [0.717, 1.165) is 37.9 Å². The van der Waals surface area contributed by atoms with E-state index < -0.39 is 0 Å². The summed E-state index contributed by atoms with van der Waals surface area (Å²) in [5, 5.41) is 13.0. The fraction of sp³-hybridized carbons (Fsp3) is 0.480. The summed E-state index contributed by atoms with van der Waals surface area (Å²) in [5.74, 6) is 0.774. The molecule has 30 heavy (non-hydrogen) atoms. The fourth-order valence-electron chi connectivity index (χ4n) is 3.29. The van der Waals surface area contributed by atoms with E-state index in [2.05, 4.69) is 35.2 Å². The highest BCUT2D eigenvalue weighted by atomic mass is 32.1. The Labute approximate surface area is 185 Å². The molecule has 3 heterocycles. The van der Waals surface area contributed by atoms with Crippen molar-refractivity contribution in [1.82, 2.24) is 9.88 Å². The van der Waals surface area contributed by atoms with Gasteiger partial charge in [0.25, 0.3) is 0 Å². The van der Waals surface area contributed by atoms with Gasteiger partial charge in [0.1, 0.15) is 11.3 Å². The lowest BCUT2D eigenvalue weighted by molar-refractivity contribution is 0.235. The number of benzene rings is 1. The van der Waals surface area contributed by atoms with Crippen LogP contribution in [0.4, 0.5) is 0 Å². The third-order valence-corrected chi connectivity index (χ3v) is 5.64. The first-order valence-corrected chi connectivity index (χ1v) is 12.1. The van der Waals surface area contributed by atoms with Gasteiger partial charge in [-0.15, -0.1) is 11.3 Å². The Balaban J connectivity index is 0.000000590. The lowest BCUT2D eigenvalue weighted by Crippen LogP contribution is -2.30. The van der Waals surface area contributed by atoms with E-state index in [9.17, 15) is 5.11 Å². The van der Waals surface area contributed by atoms with Gasteiger partial charge >= 0.3 is 0 Å². The minimum absolute atomic E-state index is 0.195. The number of hydrogen-bond acceptors (Lipinski definition) is 5. The average Bonchev–Trinajstić information content (AvgIpc) is 3.24. The quantitative estimate of drug-likeness (QED) is 0.446. The standard InChI is InChI=1S/C20H22N2O2S.C3H8.C2H6/c23-17-5-3-4-16-6-7-19(21-20(16)17)24-12-2-1-10-22-11-8-15-9-13-25-18(15)14-22;1-3-2;1-2/h3-7,9,13,23H,1-2,8,10-12,14H2;3H2,1-2H3;1-2H3. The van der Waals surface area contributed by atoms with Gasteiger partial charge in [-0.2, -0.15) is 0 Å². The lowest BCUT2D eigenvalue weighted by Gasteiger charge is -2.26. The minimum atomic E-state index is 0.195. The monoisotopic (exact) mass is 428 g/mol. The molecular formula is C25H36N2O2S. The van der Waals surface area contributed by atoms with E-state index in [1.807, 2.05) is 49.4 Å². The molecule has 1 aliphatic heterocycles. The van der Waals surface area contributed by atoms with Crippen molar-refractivity contribution in [3.8, 4) is 11.6 Å². The van der Waals surface area contributed by atoms with Gasteiger partial charge in [0.15, 0.2) is 0 Å². The van der Waals surface area contributed by atoms with Crippen LogP contribution in [0.15, 0.2) is 41.8 Å². The van der Waals surface area contributed by atoms with Crippen molar-refractivity contribution in [2.24, 2.45) is 0 Å². The third kappa shape index (κ3) is 6.99. The van der Waals surface area contributed by atoms with Gasteiger partial charge in [-0.25, -0.2) is 4.98 Å². The van der Waals surface area contributed by atoms with Gasteiger partial charge in [0.05, 0.1) is 6.61 Å². The Hall–Kier alpha value is -2.11. The number of thiophene rings is 1. The van der Waals surface area contributed by atoms with Crippen molar-refractivity contribution in [2.45, 2.75) is 59.9 Å². The van der Waals surface area contributed by atoms with Crippen LogP contribution >= 0.6 is 11.3 Å². The molecule has 1 aliphatic rings. The van der Waals surface area contributed by atoms with Crippen LogP contribution in [0.2, 0.25) is 0 Å². The number of ether oxygens (including phenoxy) is 1. The Kier molecular flexibility index (Phi) is 10.7. The van der Waals surface area contributed by atoms with Gasteiger partial charge in [-0.05, 0) is 54.9 Å². The van der Waals surface area contributed by atoms with Gasteiger partial charge in [-0.3, -0.25) is 4.90 Å². The molecule has 0 aliphatic carbocycles. The molecule has 0 spiro atoms. The zero-order chi connectivity index (χ0) is 21.8. The van der Waals surface area contributed by atoms with E-state index in [1.54, 1.807) is 6.07 Å². The molecule has 0 unspecified atom stereocenters. The molecule has 0 bridgehead atoms. The zero-order valence-electron chi connectivity index (χ0n) is 18.9. The highest BCUT2D eigenvalue weighted by Crippen LogP contribution is 2.25. The summed E-state index contributed by atoms with van der Waals surface area (Å²) in [5.41, 5.74) is 2.13. The summed E-state index contributed by atoms with van der Waals surface area (Å²) in [6, 6.07) is 11.5. The molecule has 0 radical (unpaired) electrons. The molecule has 1 N–H and O–H groups in total. The SMILES string of the molecule is CC.CCC.Oc1cccc2ccc(OCCCCN3CCc4ccsc4C3)nc12. The van der Waals surface area contributed by atoms with E-state index in [0.29, 0.717) is 18.0 Å². The van der Waals surface area contributed by atoms with Crippen molar-refractivity contribution < 1.29 is 9.84 Å². The molecule has 0 atom stereocenters. The van der Waals surface area contributed by atoms with Crippen LogP contribution < -0.4 is 4.74 Å². The van der Waals surface area contributed by atoms with Crippen LogP contribution in [0.5, 0.6) is 11.6 Å². The Morgan fingerprint density at radius 2 is 1.90 bits per heavy atom. The van der Waals surface area contributed by atoms with E-state index in [-0.39, 0.29) is 5.75 Å². The lowest BCUT2D eigenvalue weighted by atomic mass is 10.1. The van der Waals surface area contributed by atoms with Crippen molar-refractivity contribution in [1.29, 1.82) is 0 Å². The number of hydrogen-bond donors (Lipinski definition) is 1. The predicted molar refractivity (Wildman–Crippen MR) is 129 cm³/mol. The van der Waals surface area contributed by atoms with Crippen LogP contribution in [-0.2, 0) is 13.0 Å². The summed E-state index contributed by atoms with van der Waals surface area (Å²) >= 11 is 1.88. The molecular weight excluding hydrogens is 392 g/mol. The number of unbranched alkanes of at least 4 members (excludes halogenated alkanes) is 1. The van der Waals surface area contributed by atoms with Crippen LogP contribution in [0.3, 0.4) is 0 Å². The third-order valence-electron chi connectivity index (χ3n) is 4.69. The molecule has 3 aromatic rings. The normalized spacial score (nSPS) is 12.9. The number of aromatic nitrogens is 1. The first-order chi connectivity index (χ1) is 14.7. The number of phenolic OH excluding ortho intramolecular Hbond substituents is 1. The van der Waals surface area contributed by atoms with Crippen molar-refractivity contribution >= 4 is 22.2 Å². The van der Waals surface area contributed by atoms with Crippen LogP contribution in [-0.4, -0.2) is 34.7 Å². The maximum atomic E-state index is 9.88. The summed E-state index contributed by atoms with van der Waals surface area (Å²) < 4.78 is 5.76. The smallest absolute Gasteiger partial charge is 0.213 e. The molecule has 0 fully saturated rings. The van der Waals surface area contributed by atoms with E-state index >= 15 is 0 Å². The summed E-state index contributed by atoms with van der Waals surface area (Å²) in [4.78, 5) is 8.46. The number of phenols is 1. The highest BCUT2D eigenvalue weighted by Gasteiger charge is 2.16. The molecule has 4 rings (SSSR count). The van der Waals surface area contributed by atoms with Crippen LogP contribution in [0.25, 0.3) is 10.9 Å². The Morgan fingerprint density at radius 3 is 2.70 bits per heavy atom. The topological polar surface area (TPSA) is 45.6 Å². The molecule has 4 nitrogen and oxygen atoms in total. The molecule has 0 saturated carbocycles. The highest BCUT2D eigenvalue weighted by molar-refractivity contribution is 7.10. The number of fused-ring (bicyclic) bond motifs is 2. The van der Waals surface area contributed by atoms with Gasteiger partial charge in [-0.1, -0.05) is 46.2 Å². The van der Waals surface area contributed by atoms with Gasteiger partial charge in [0, 0.05) is 29.4 Å². The second-order valence-corrected chi connectivity index (χ2v) is 8.16. The Morgan fingerprint density at radius 1 is 1.10 bits per heavy atom. The summed E-state index contributed by atoms with van der Waals surface area (Å²) in [6.45, 7) is 12.3.